The average molecular weight is 607 g/mol. The summed E-state index contributed by atoms with van der Waals surface area (Å²) in [6.45, 7) is 2.97. The van der Waals surface area contributed by atoms with Gasteiger partial charge in [-0.05, 0) is 60.7 Å². The summed E-state index contributed by atoms with van der Waals surface area (Å²) in [5, 5.41) is 8.27. The third-order valence-corrected chi connectivity index (χ3v) is 8.43. The first-order chi connectivity index (χ1) is 20.8. The number of aromatic nitrogens is 3. The number of para-hydroxylation sites is 1. The summed E-state index contributed by atoms with van der Waals surface area (Å²) >= 11 is 1.62. The van der Waals surface area contributed by atoms with Gasteiger partial charge in [0.25, 0.3) is 0 Å². The van der Waals surface area contributed by atoms with Crippen LogP contribution in [0.25, 0.3) is 17.1 Å². The Kier molecular flexibility index (Phi) is 8.11. The van der Waals surface area contributed by atoms with Crippen molar-refractivity contribution < 1.29 is 22.7 Å². The first kappa shape index (κ1) is 28.8. The SMILES string of the molecule is CCc1ccccc1N1CCCSC1=NC(=O)NC1CC1c1ccc(-c2ncn(-c3ccc(OC(F)(F)F)cc3)n2)cc1. The van der Waals surface area contributed by atoms with Gasteiger partial charge in [-0.2, -0.15) is 4.99 Å². The molecule has 3 aromatic carbocycles. The highest BCUT2D eigenvalue weighted by Gasteiger charge is 2.39. The van der Waals surface area contributed by atoms with Crippen molar-refractivity contribution in [1.82, 2.24) is 20.1 Å². The van der Waals surface area contributed by atoms with Crippen LogP contribution in [0.2, 0.25) is 0 Å². The molecule has 2 amide bonds. The molecule has 1 saturated carbocycles. The van der Waals surface area contributed by atoms with Crippen LogP contribution in [-0.4, -0.2) is 50.7 Å². The van der Waals surface area contributed by atoms with Gasteiger partial charge >= 0.3 is 12.4 Å². The predicted octanol–water partition coefficient (Wildman–Crippen LogP) is 6.96. The predicted molar refractivity (Wildman–Crippen MR) is 161 cm³/mol. The number of hydrogen-bond acceptors (Lipinski definition) is 5. The van der Waals surface area contributed by atoms with Crippen LogP contribution >= 0.6 is 11.8 Å². The number of hydrogen-bond donors (Lipinski definition) is 1. The minimum atomic E-state index is -4.74. The summed E-state index contributed by atoms with van der Waals surface area (Å²) < 4.78 is 42.6. The number of carbonyl (C=O) groups is 1. The average Bonchev–Trinajstić information content (AvgIpc) is 3.58. The van der Waals surface area contributed by atoms with E-state index in [1.165, 1.54) is 40.8 Å². The lowest BCUT2D eigenvalue weighted by Crippen LogP contribution is -2.36. The molecular formula is C31H29F3N6O2S. The van der Waals surface area contributed by atoms with Crippen molar-refractivity contribution in [3.63, 3.8) is 0 Å². The third kappa shape index (κ3) is 6.85. The fourth-order valence-corrected chi connectivity index (χ4v) is 6.10. The minimum absolute atomic E-state index is 0.0225. The molecule has 2 unspecified atom stereocenters. The van der Waals surface area contributed by atoms with E-state index in [0.717, 1.165) is 53.5 Å². The zero-order valence-electron chi connectivity index (χ0n) is 23.3. The molecule has 8 nitrogen and oxygen atoms in total. The van der Waals surface area contributed by atoms with Crippen LogP contribution in [0, 0.1) is 0 Å². The van der Waals surface area contributed by atoms with Gasteiger partial charge < -0.3 is 15.0 Å². The minimum Gasteiger partial charge on any atom is -0.406 e. The number of carbonyl (C=O) groups excluding carboxylic acids is 1. The van der Waals surface area contributed by atoms with E-state index in [9.17, 15) is 18.0 Å². The van der Waals surface area contributed by atoms with Crippen LogP contribution in [0.4, 0.5) is 23.7 Å². The number of amides is 2. The molecule has 2 heterocycles. The maximum atomic E-state index is 12.9. The standard InChI is InChI=1S/C31H29F3N6O2S/c1-2-20-6-3-4-7-27(20)39-16-5-17-43-30(39)37-29(41)36-26-18-25(26)21-8-10-22(11-9-21)28-35-19-40(38-28)23-12-14-24(15-13-23)42-31(32,33)34/h3-4,6-15,19,25-26H,2,5,16-18H2,1H3,(H,36,41). The van der Waals surface area contributed by atoms with E-state index in [0.29, 0.717) is 11.5 Å². The summed E-state index contributed by atoms with van der Waals surface area (Å²) in [5.41, 5.74) is 4.80. The smallest absolute Gasteiger partial charge is 0.406 e. The lowest BCUT2D eigenvalue weighted by molar-refractivity contribution is -0.274. The molecule has 0 bridgehead atoms. The number of alkyl halides is 3. The largest absolute Gasteiger partial charge is 0.573 e. The molecule has 2 atom stereocenters. The zero-order chi connectivity index (χ0) is 30.0. The van der Waals surface area contributed by atoms with E-state index in [1.54, 1.807) is 11.8 Å². The van der Waals surface area contributed by atoms with Gasteiger partial charge in [0, 0.05) is 35.5 Å². The van der Waals surface area contributed by atoms with Crippen molar-refractivity contribution in [2.45, 2.75) is 44.5 Å². The van der Waals surface area contributed by atoms with Crippen molar-refractivity contribution in [2.75, 3.05) is 17.2 Å². The van der Waals surface area contributed by atoms with Crippen LogP contribution < -0.4 is 15.0 Å². The lowest BCUT2D eigenvalue weighted by Gasteiger charge is -2.31. The summed E-state index contributed by atoms with van der Waals surface area (Å²) in [4.78, 5) is 23.9. The lowest BCUT2D eigenvalue weighted by atomic mass is 10.1. The van der Waals surface area contributed by atoms with Gasteiger partial charge in [-0.25, -0.2) is 14.5 Å². The normalized spacial score (nSPS) is 19.3. The van der Waals surface area contributed by atoms with Gasteiger partial charge in [-0.1, -0.05) is 61.2 Å². The molecule has 4 aromatic rings. The second kappa shape index (κ2) is 12.1. The van der Waals surface area contributed by atoms with Crippen LogP contribution in [-0.2, 0) is 6.42 Å². The van der Waals surface area contributed by atoms with Crippen molar-refractivity contribution in [2.24, 2.45) is 4.99 Å². The number of urea groups is 1. The van der Waals surface area contributed by atoms with Crippen LogP contribution in [0.15, 0.2) is 84.1 Å². The van der Waals surface area contributed by atoms with Gasteiger partial charge in [0.1, 0.15) is 12.1 Å². The molecule has 2 aliphatic rings. The number of benzene rings is 3. The molecule has 222 valence electrons. The van der Waals surface area contributed by atoms with Gasteiger partial charge in [0.05, 0.1) is 5.69 Å². The number of aliphatic imine (C=N–C) groups is 1. The molecule has 1 aromatic heterocycles. The maximum Gasteiger partial charge on any atom is 0.573 e. The zero-order valence-corrected chi connectivity index (χ0v) is 24.1. The maximum absolute atomic E-state index is 12.9. The number of thioether (sulfide) groups is 1. The highest BCUT2D eigenvalue weighted by molar-refractivity contribution is 8.14. The second-order valence-electron chi connectivity index (χ2n) is 10.3. The number of halogens is 3. The van der Waals surface area contributed by atoms with Gasteiger partial charge in [-0.15, -0.1) is 18.3 Å². The Labute approximate surface area is 251 Å². The molecule has 12 heteroatoms. The van der Waals surface area contributed by atoms with E-state index < -0.39 is 6.36 Å². The number of nitrogens with one attached hydrogen (secondary N) is 1. The fraction of sp³-hybridized carbons (Fsp3) is 0.290. The Morgan fingerprint density at radius 2 is 1.86 bits per heavy atom. The monoisotopic (exact) mass is 606 g/mol. The van der Waals surface area contributed by atoms with Crippen LogP contribution in [0.5, 0.6) is 5.75 Å². The molecule has 1 N–H and O–H groups in total. The second-order valence-corrected chi connectivity index (χ2v) is 11.4. The summed E-state index contributed by atoms with van der Waals surface area (Å²) in [6, 6.07) is 21.2. The Morgan fingerprint density at radius 1 is 1.09 bits per heavy atom. The van der Waals surface area contributed by atoms with Crippen molar-refractivity contribution in [1.29, 1.82) is 0 Å². The van der Waals surface area contributed by atoms with E-state index in [2.05, 4.69) is 49.1 Å². The molecule has 0 spiro atoms. The molecule has 0 radical (unpaired) electrons. The Bertz CT molecular complexity index is 1620. The molecule has 1 aliphatic carbocycles. The number of rotatable bonds is 7. The van der Waals surface area contributed by atoms with Gasteiger partial charge in [0.2, 0.25) is 0 Å². The Hall–Kier alpha value is -4.32. The van der Waals surface area contributed by atoms with Crippen molar-refractivity contribution in [3.05, 3.63) is 90.3 Å². The number of anilines is 1. The number of nitrogens with zero attached hydrogens (tertiary/aromatic N) is 5. The van der Waals surface area contributed by atoms with E-state index in [-0.39, 0.29) is 23.7 Å². The summed E-state index contributed by atoms with van der Waals surface area (Å²) in [5.74, 6) is 1.32. The molecule has 1 aliphatic heterocycles. The Morgan fingerprint density at radius 3 is 2.60 bits per heavy atom. The Balaban J connectivity index is 1.07. The highest BCUT2D eigenvalue weighted by atomic mass is 32.2. The number of ether oxygens (including phenoxy) is 1. The first-order valence-corrected chi connectivity index (χ1v) is 15.0. The van der Waals surface area contributed by atoms with Crippen LogP contribution in [0.3, 0.4) is 0 Å². The number of aryl methyl sites for hydroxylation is 1. The topological polar surface area (TPSA) is 84.6 Å². The molecule has 6 rings (SSSR count). The highest BCUT2D eigenvalue weighted by Crippen LogP contribution is 2.41. The quantitative estimate of drug-likeness (QED) is 0.245. The van der Waals surface area contributed by atoms with E-state index in [1.807, 2.05) is 36.4 Å². The third-order valence-electron chi connectivity index (χ3n) is 7.37. The van der Waals surface area contributed by atoms with Gasteiger partial charge in [0.15, 0.2) is 11.0 Å². The molecule has 1 saturated heterocycles. The van der Waals surface area contributed by atoms with Crippen LogP contribution in [0.1, 0.15) is 36.8 Å². The molecule has 2 fully saturated rings. The molecular weight excluding hydrogens is 577 g/mol. The van der Waals surface area contributed by atoms with Gasteiger partial charge in [-0.3, -0.25) is 0 Å². The van der Waals surface area contributed by atoms with E-state index >= 15 is 0 Å². The first-order valence-electron chi connectivity index (χ1n) is 14.0. The van der Waals surface area contributed by atoms with Crippen molar-refractivity contribution >= 4 is 28.6 Å². The van der Waals surface area contributed by atoms with E-state index in [4.69, 9.17) is 0 Å². The summed E-state index contributed by atoms with van der Waals surface area (Å²) in [6.07, 6.45) is -0.454. The fourth-order valence-electron chi connectivity index (χ4n) is 5.15. The number of amidine groups is 1. The van der Waals surface area contributed by atoms with Crippen molar-refractivity contribution in [3.8, 4) is 22.8 Å². The summed E-state index contributed by atoms with van der Waals surface area (Å²) in [7, 11) is 0. The molecule has 43 heavy (non-hydrogen) atoms.